The maximum atomic E-state index is 10.2. The van der Waals surface area contributed by atoms with Crippen molar-refractivity contribution in [3.8, 4) is 0 Å². The zero-order valence-electron chi connectivity index (χ0n) is 9.67. The molecule has 1 saturated heterocycles. The molecule has 84 valence electrons. The van der Waals surface area contributed by atoms with Crippen LogP contribution in [0.3, 0.4) is 0 Å². The second-order valence-electron chi connectivity index (χ2n) is 4.83. The van der Waals surface area contributed by atoms with Crippen molar-refractivity contribution in [2.75, 3.05) is 13.7 Å². The SMILES string of the molecule is COC(C)(C)CCC1(O)CCOC1C. The molecule has 0 spiro atoms. The molecule has 0 aliphatic carbocycles. The zero-order valence-corrected chi connectivity index (χ0v) is 9.67. The topological polar surface area (TPSA) is 38.7 Å². The van der Waals surface area contributed by atoms with E-state index >= 15 is 0 Å². The molecule has 0 radical (unpaired) electrons. The van der Waals surface area contributed by atoms with Gasteiger partial charge < -0.3 is 14.6 Å². The van der Waals surface area contributed by atoms with Gasteiger partial charge in [-0.2, -0.15) is 0 Å². The van der Waals surface area contributed by atoms with Crippen molar-refractivity contribution in [2.45, 2.75) is 57.3 Å². The van der Waals surface area contributed by atoms with Gasteiger partial charge in [0.2, 0.25) is 0 Å². The van der Waals surface area contributed by atoms with Gasteiger partial charge in [0.05, 0.1) is 17.3 Å². The quantitative estimate of drug-likeness (QED) is 0.754. The number of aliphatic hydroxyl groups is 1. The molecule has 0 saturated carbocycles. The van der Waals surface area contributed by atoms with Crippen molar-refractivity contribution in [2.24, 2.45) is 0 Å². The molecule has 0 amide bonds. The number of hydrogen-bond donors (Lipinski definition) is 1. The summed E-state index contributed by atoms with van der Waals surface area (Å²) < 4.78 is 10.7. The summed E-state index contributed by atoms with van der Waals surface area (Å²) in [5.41, 5.74) is -0.798. The van der Waals surface area contributed by atoms with Gasteiger partial charge in [-0.05, 0) is 33.6 Å². The summed E-state index contributed by atoms with van der Waals surface area (Å²) in [7, 11) is 1.71. The van der Waals surface area contributed by atoms with E-state index in [9.17, 15) is 5.11 Å². The smallest absolute Gasteiger partial charge is 0.0928 e. The van der Waals surface area contributed by atoms with Crippen molar-refractivity contribution < 1.29 is 14.6 Å². The third-order valence-electron chi connectivity index (χ3n) is 3.37. The summed E-state index contributed by atoms with van der Waals surface area (Å²) in [6, 6.07) is 0. The first kappa shape index (κ1) is 12.0. The lowest BCUT2D eigenvalue weighted by atomic mass is 9.87. The minimum atomic E-state index is -0.643. The van der Waals surface area contributed by atoms with Gasteiger partial charge in [-0.3, -0.25) is 0 Å². The fourth-order valence-electron chi connectivity index (χ4n) is 1.72. The Morgan fingerprint density at radius 3 is 2.64 bits per heavy atom. The number of methoxy groups -OCH3 is 1. The van der Waals surface area contributed by atoms with E-state index in [4.69, 9.17) is 9.47 Å². The van der Waals surface area contributed by atoms with Crippen LogP contribution in [0.1, 0.15) is 40.0 Å². The third-order valence-corrected chi connectivity index (χ3v) is 3.37. The van der Waals surface area contributed by atoms with E-state index < -0.39 is 5.60 Å². The van der Waals surface area contributed by atoms with Crippen molar-refractivity contribution in [3.63, 3.8) is 0 Å². The average molecular weight is 202 g/mol. The van der Waals surface area contributed by atoms with E-state index in [0.29, 0.717) is 6.61 Å². The Kier molecular flexibility index (Phi) is 3.56. The van der Waals surface area contributed by atoms with Crippen LogP contribution in [0.15, 0.2) is 0 Å². The molecular weight excluding hydrogens is 180 g/mol. The molecule has 1 aliphatic heterocycles. The molecule has 1 fully saturated rings. The van der Waals surface area contributed by atoms with Gasteiger partial charge in [0.25, 0.3) is 0 Å². The summed E-state index contributed by atoms with van der Waals surface area (Å²) in [5.74, 6) is 0. The standard InChI is InChI=1S/C11H22O3/c1-9-11(12,7-8-14-9)6-5-10(2,3)13-4/h9,12H,5-8H2,1-4H3. The van der Waals surface area contributed by atoms with Gasteiger partial charge >= 0.3 is 0 Å². The maximum absolute atomic E-state index is 10.2. The molecule has 14 heavy (non-hydrogen) atoms. The highest BCUT2D eigenvalue weighted by atomic mass is 16.5. The monoisotopic (exact) mass is 202 g/mol. The average Bonchev–Trinajstić information content (AvgIpc) is 2.45. The normalized spacial score (nSPS) is 33.6. The Bertz CT molecular complexity index is 191. The van der Waals surface area contributed by atoms with Crippen LogP contribution in [0.5, 0.6) is 0 Å². The van der Waals surface area contributed by atoms with Crippen LogP contribution in [-0.2, 0) is 9.47 Å². The molecule has 0 aromatic carbocycles. The summed E-state index contributed by atoms with van der Waals surface area (Å²) in [5, 5.41) is 10.2. The largest absolute Gasteiger partial charge is 0.387 e. The fourth-order valence-corrected chi connectivity index (χ4v) is 1.72. The highest BCUT2D eigenvalue weighted by molar-refractivity contribution is 4.91. The molecular formula is C11H22O3. The first-order chi connectivity index (χ1) is 6.40. The Balaban J connectivity index is 2.44. The molecule has 1 N–H and O–H groups in total. The lowest BCUT2D eigenvalue weighted by molar-refractivity contribution is -0.0574. The van der Waals surface area contributed by atoms with Crippen LogP contribution in [0.2, 0.25) is 0 Å². The fraction of sp³-hybridized carbons (Fsp3) is 1.00. The molecule has 1 aliphatic rings. The van der Waals surface area contributed by atoms with Crippen LogP contribution < -0.4 is 0 Å². The number of hydrogen-bond acceptors (Lipinski definition) is 3. The van der Waals surface area contributed by atoms with Crippen LogP contribution in [-0.4, -0.2) is 36.1 Å². The predicted octanol–water partition coefficient (Wildman–Crippen LogP) is 1.73. The van der Waals surface area contributed by atoms with Gasteiger partial charge in [-0.25, -0.2) is 0 Å². The molecule has 0 aromatic heterocycles. The minimum Gasteiger partial charge on any atom is -0.387 e. The predicted molar refractivity (Wildman–Crippen MR) is 55.3 cm³/mol. The van der Waals surface area contributed by atoms with E-state index in [1.165, 1.54) is 0 Å². The molecule has 2 atom stereocenters. The zero-order chi connectivity index (χ0) is 10.8. The minimum absolute atomic E-state index is 0.0462. The van der Waals surface area contributed by atoms with E-state index in [-0.39, 0.29) is 11.7 Å². The first-order valence-corrected chi connectivity index (χ1v) is 5.29. The van der Waals surface area contributed by atoms with E-state index in [1.807, 2.05) is 20.8 Å². The van der Waals surface area contributed by atoms with Gasteiger partial charge in [0, 0.05) is 20.1 Å². The highest BCUT2D eigenvalue weighted by Gasteiger charge is 2.40. The van der Waals surface area contributed by atoms with Crippen molar-refractivity contribution >= 4 is 0 Å². The summed E-state index contributed by atoms with van der Waals surface area (Å²) >= 11 is 0. The molecule has 0 aromatic rings. The third kappa shape index (κ3) is 2.69. The van der Waals surface area contributed by atoms with Crippen LogP contribution in [0.25, 0.3) is 0 Å². The molecule has 3 heteroatoms. The summed E-state index contributed by atoms with van der Waals surface area (Å²) in [6.45, 7) is 6.69. The number of ether oxygens (including phenoxy) is 2. The highest BCUT2D eigenvalue weighted by Crippen LogP contribution is 2.32. The Morgan fingerprint density at radius 1 is 1.57 bits per heavy atom. The van der Waals surface area contributed by atoms with Crippen molar-refractivity contribution in [1.82, 2.24) is 0 Å². The van der Waals surface area contributed by atoms with Gasteiger partial charge in [0.15, 0.2) is 0 Å². The Hall–Kier alpha value is -0.120. The molecule has 2 unspecified atom stereocenters. The molecule has 3 nitrogen and oxygen atoms in total. The van der Waals surface area contributed by atoms with E-state index in [2.05, 4.69) is 0 Å². The van der Waals surface area contributed by atoms with Crippen LogP contribution in [0.4, 0.5) is 0 Å². The van der Waals surface area contributed by atoms with Gasteiger partial charge in [0.1, 0.15) is 0 Å². The molecule has 1 rings (SSSR count). The van der Waals surface area contributed by atoms with E-state index in [0.717, 1.165) is 19.3 Å². The molecule has 0 bridgehead atoms. The van der Waals surface area contributed by atoms with Crippen LogP contribution >= 0.6 is 0 Å². The summed E-state index contributed by atoms with van der Waals surface area (Å²) in [4.78, 5) is 0. The van der Waals surface area contributed by atoms with Gasteiger partial charge in [-0.15, -0.1) is 0 Å². The number of rotatable bonds is 4. The maximum Gasteiger partial charge on any atom is 0.0928 e. The van der Waals surface area contributed by atoms with Crippen LogP contribution in [0, 0.1) is 0 Å². The van der Waals surface area contributed by atoms with Gasteiger partial charge in [-0.1, -0.05) is 0 Å². The van der Waals surface area contributed by atoms with E-state index in [1.54, 1.807) is 7.11 Å². The second kappa shape index (κ2) is 4.17. The first-order valence-electron chi connectivity index (χ1n) is 5.29. The summed E-state index contributed by atoms with van der Waals surface area (Å²) in [6.07, 6.45) is 2.30. The van der Waals surface area contributed by atoms with Crippen molar-refractivity contribution in [3.05, 3.63) is 0 Å². The molecule has 1 heterocycles. The van der Waals surface area contributed by atoms with Crippen molar-refractivity contribution in [1.29, 1.82) is 0 Å². The Labute approximate surface area is 86.4 Å². The second-order valence-corrected chi connectivity index (χ2v) is 4.83. The lowest BCUT2D eigenvalue weighted by Crippen LogP contribution is -2.38. The Morgan fingerprint density at radius 2 is 2.21 bits per heavy atom. The lowest BCUT2D eigenvalue weighted by Gasteiger charge is -2.30.